The second-order valence-electron chi connectivity index (χ2n) is 6.31. The van der Waals surface area contributed by atoms with Crippen LogP contribution >= 0.6 is 11.8 Å². The maximum Gasteiger partial charge on any atom is 0.257 e. The number of benzene rings is 1. The lowest BCUT2D eigenvalue weighted by atomic mass is 9.95. The monoisotopic (exact) mass is 357 g/mol. The van der Waals surface area contributed by atoms with Gasteiger partial charge in [0, 0.05) is 25.0 Å². The van der Waals surface area contributed by atoms with Crippen molar-refractivity contribution in [3.05, 3.63) is 47.8 Å². The van der Waals surface area contributed by atoms with E-state index in [4.69, 9.17) is 0 Å². The van der Waals surface area contributed by atoms with E-state index in [1.54, 1.807) is 24.5 Å². The maximum atomic E-state index is 12.9. The molecule has 1 fully saturated rings. The molecule has 0 saturated carbocycles. The van der Waals surface area contributed by atoms with Gasteiger partial charge < -0.3 is 10.0 Å². The highest BCUT2D eigenvalue weighted by Gasteiger charge is 2.27. The first-order chi connectivity index (χ1) is 12.2. The summed E-state index contributed by atoms with van der Waals surface area (Å²) in [6.45, 7) is 0.795. The molecule has 1 aromatic heterocycles. The van der Waals surface area contributed by atoms with E-state index in [-0.39, 0.29) is 17.7 Å². The number of nitrogens with zero attached hydrogens (tertiary/aromatic N) is 3. The largest absolute Gasteiger partial charge is 0.508 e. The number of piperidine rings is 1. The van der Waals surface area contributed by atoms with Gasteiger partial charge in [-0.05, 0) is 56.1 Å². The molecule has 25 heavy (non-hydrogen) atoms. The second kappa shape index (κ2) is 8.34. The SMILES string of the molecule is CSc1ncc(C(=O)N2CCCCC2CCc2ccc(O)cc2)cn1. The van der Waals surface area contributed by atoms with Crippen LogP contribution in [0.15, 0.2) is 41.8 Å². The van der Waals surface area contributed by atoms with E-state index in [9.17, 15) is 9.90 Å². The number of rotatable bonds is 5. The van der Waals surface area contributed by atoms with Gasteiger partial charge in [0.25, 0.3) is 5.91 Å². The molecule has 132 valence electrons. The third kappa shape index (κ3) is 4.51. The molecule has 1 saturated heterocycles. The molecule has 3 rings (SSSR count). The molecule has 0 bridgehead atoms. The van der Waals surface area contributed by atoms with E-state index in [2.05, 4.69) is 9.97 Å². The summed E-state index contributed by atoms with van der Waals surface area (Å²) in [5.41, 5.74) is 1.75. The van der Waals surface area contributed by atoms with Gasteiger partial charge in [-0.3, -0.25) is 4.79 Å². The summed E-state index contributed by atoms with van der Waals surface area (Å²) in [6.07, 6.45) is 10.3. The second-order valence-corrected chi connectivity index (χ2v) is 7.09. The van der Waals surface area contributed by atoms with Crippen molar-refractivity contribution in [1.82, 2.24) is 14.9 Å². The molecule has 1 unspecified atom stereocenters. The van der Waals surface area contributed by atoms with E-state index >= 15 is 0 Å². The highest BCUT2D eigenvalue weighted by molar-refractivity contribution is 7.98. The molecule has 1 amide bonds. The fourth-order valence-electron chi connectivity index (χ4n) is 3.26. The van der Waals surface area contributed by atoms with Crippen molar-refractivity contribution in [3.8, 4) is 5.75 Å². The predicted molar refractivity (Wildman–Crippen MR) is 98.9 cm³/mol. The zero-order valence-electron chi connectivity index (χ0n) is 14.4. The molecular weight excluding hydrogens is 334 g/mol. The molecule has 1 N–H and O–H groups in total. The molecule has 2 aromatic rings. The van der Waals surface area contributed by atoms with Gasteiger partial charge in [-0.2, -0.15) is 0 Å². The number of amides is 1. The number of aromatic hydroxyl groups is 1. The van der Waals surface area contributed by atoms with Gasteiger partial charge in [-0.1, -0.05) is 23.9 Å². The van der Waals surface area contributed by atoms with Crippen LogP contribution < -0.4 is 0 Å². The predicted octanol–water partition coefficient (Wildman–Crippen LogP) is 3.53. The third-order valence-electron chi connectivity index (χ3n) is 4.65. The molecule has 5 nitrogen and oxygen atoms in total. The normalized spacial score (nSPS) is 17.5. The molecule has 2 heterocycles. The Morgan fingerprint density at radius 1 is 1.24 bits per heavy atom. The van der Waals surface area contributed by atoms with E-state index < -0.39 is 0 Å². The number of carbonyl (C=O) groups is 1. The standard InChI is InChI=1S/C19H23N3O2S/c1-25-19-20-12-15(13-21-19)18(24)22-11-3-2-4-16(22)8-5-14-6-9-17(23)10-7-14/h6-7,9-10,12-13,16,23H,2-5,8,11H2,1H3. The lowest BCUT2D eigenvalue weighted by molar-refractivity contribution is 0.0601. The Kier molecular flexibility index (Phi) is 5.91. The molecule has 6 heteroatoms. The number of likely N-dealkylation sites (tertiary alicyclic amines) is 1. The summed E-state index contributed by atoms with van der Waals surface area (Å²) in [5, 5.41) is 10.1. The summed E-state index contributed by atoms with van der Waals surface area (Å²) >= 11 is 1.47. The van der Waals surface area contributed by atoms with Crippen LogP contribution in [0.4, 0.5) is 0 Å². The minimum absolute atomic E-state index is 0.0306. The van der Waals surface area contributed by atoms with Gasteiger partial charge in [0.15, 0.2) is 5.16 Å². The average molecular weight is 357 g/mol. The minimum Gasteiger partial charge on any atom is -0.508 e. The van der Waals surface area contributed by atoms with Gasteiger partial charge in [0.1, 0.15) is 5.75 Å². The number of hydrogen-bond acceptors (Lipinski definition) is 5. The van der Waals surface area contributed by atoms with Crippen molar-refractivity contribution < 1.29 is 9.90 Å². The van der Waals surface area contributed by atoms with Gasteiger partial charge in [0.2, 0.25) is 0 Å². The quantitative estimate of drug-likeness (QED) is 0.655. The Morgan fingerprint density at radius 2 is 1.96 bits per heavy atom. The van der Waals surface area contributed by atoms with Crippen molar-refractivity contribution in [2.75, 3.05) is 12.8 Å². The van der Waals surface area contributed by atoms with Crippen molar-refractivity contribution in [1.29, 1.82) is 0 Å². The fourth-order valence-corrected chi connectivity index (χ4v) is 3.58. The highest BCUT2D eigenvalue weighted by atomic mass is 32.2. The number of phenols is 1. The average Bonchev–Trinajstić information content (AvgIpc) is 2.67. The smallest absolute Gasteiger partial charge is 0.257 e. The van der Waals surface area contributed by atoms with Crippen LogP contribution in [0, 0.1) is 0 Å². The maximum absolute atomic E-state index is 12.9. The van der Waals surface area contributed by atoms with Crippen molar-refractivity contribution in [2.24, 2.45) is 0 Å². The highest BCUT2D eigenvalue weighted by Crippen LogP contribution is 2.24. The lowest BCUT2D eigenvalue weighted by Gasteiger charge is -2.36. The van der Waals surface area contributed by atoms with E-state index in [0.29, 0.717) is 10.7 Å². The van der Waals surface area contributed by atoms with Gasteiger partial charge in [-0.15, -0.1) is 0 Å². The Bertz CT molecular complexity index is 704. The molecule has 0 spiro atoms. The Balaban J connectivity index is 1.66. The molecular formula is C19H23N3O2S. The lowest BCUT2D eigenvalue weighted by Crippen LogP contribution is -2.44. The van der Waals surface area contributed by atoms with Crippen molar-refractivity contribution in [2.45, 2.75) is 43.3 Å². The summed E-state index contributed by atoms with van der Waals surface area (Å²) < 4.78 is 0. The first kappa shape index (κ1) is 17.7. The fraction of sp³-hybridized carbons (Fsp3) is 0.421. The van der Waals surface area contributed by atoms with Gasteiger partial charge in [-0.25, -0.2) is 9.97 Å². The van der Waals surface area contributed by atoms with Crippen LogP contribution in [0.3, 0.4) is 0 Å². The number of hydrogen-bond donors (Lipinski definition) is 1. The zero-order valence-corrected chi connectivity index (χ0v) is 15.2. The molecule has 0 aliphatic carbocycles. The number of thioether (sulfide) groups is 1. The van der Waals surface area contributed by atoms with E-state index in [1.165, 1.54) is 17.3 Å². The summed E-state index contributed by atoms with van der Waals surface area (Å²) in [5.74, 6) is 0.315. The Labute approximate surface area is 152 Å². The molecule has 1 aromatic carbocycles. The summed E-state index contributed by atoms with van der Waals surface area (Å²) in [4.78, 5) is 23.3. The molecule has 1 aliphatic heterocycles. The van der Waals surface area contributed by atoms with Crippen LogP contribution in [-0.4, -0.2) is 44.7 Å². The minimum atomic E-state index is 0.0306. The first-order valence-corrected chi connectivity index (χ1v) is 9.85. The topological polar surface area (TPSA) is 66.3 Å². The van der Waals surface area contributed by atoms with Crippen LogP contribution in [0.1, 0.15) is 41.6 Å². The number of phenolic OH excluding ortho intramolecular Hbond substituents is 1. The van der Waals surface area contributed by atoms with Gasteiger partial charge >= 0.3 is 0 Å². The van der Waals surface area contributed by atoms with E-state index in [1.807, 2.05) is 23.3 Å². The number of aryl methyl sites for hydroxylation is 1. The Morgan fingerprint density at radius 3 is 2.64 bits per heavy atom. The zero-order chi connectivity index (χ0) is 17.6. The number of carbonyl (C=O) groups excluding carboxylic acids is 1. The van der Waals surface area contributed by atoms with Crippen LogP contribution in [0.5, 0.6) is 5.75 Å². The van der Waals surface area contributed by atoms with Crippen molar-refractivity contribution in [3.63, 3.8) is 0 Å². The summed E-state index contributed by atoms with van der Waals surface area (Å²) in [6, 6.07) is 7.56. The van der Waals surface area contributed by atoms with Crippen LogP contribution in [0.2, 0.25) is 0 Å². The van der Waals surface area contributed by atoms with Gasteiger partial charge in [0.05, 0.1) is 5.56 Å². The summed E-state index contributed by atoms with van der Waals surface area (Å²) in [7, 11) is 0. The molecule has 0 radical (unpaired) electrons. The molecule has 1 atom stereocenters. The first-order valence-electron chi connectivity index (χ1n) is 8.62. The third-order valence-corrected chi connectivity index (χ3v) is 5.22. The Hall–Kier alpha value is -2.08. The van der Waals surface area contributed by atoms with Crippen LogP contribution in [-0.2, 0) is 6.42 Å². The van der Waals surface area contributed by atoms with Crippen molar-refractivity contribution >= 4 is 17.7 Å². The molecule has 1 aliphatic rings. The van der Waals surface area contributed by atoms with E-state index in [0.717, 1.165) is 38.6 Å². The number of aromatic nitrogens is 2. The van der Waals surface area contributed by atoms with Crippen LogP contribution in [0.25, 0.3) is 0 Å².